The van der Waals surface area contributed by atoms with Gasteiger partial charge in [-0.1, -0.05) is 12.1 Å². The van der Waals surface area contributed by atoms with Crippen molar-refractivity contribution in [3.63, 3.8) is 0 Å². The third-order valence-electron chi connectivity index (χ3n) is 6.08. The Hall–Kier alpha value is -4.14. The zero-order chi connectivity index (χ0) is 23.7. The summed E-state index contributed by atoms with van der Waals surface area (Å²) in [6.45, 7) is 0.598. The highest BCUT2D eigenvalue weighted by molar-refractivity contribution is 5.95. The Morgan fingerprint density at radius 3 is 2.68 bits per heavy atom. The third kappa shape index (κ3) is 4.24. The van der Waals surface area contributed by atoms with Crippen LogP contribution in [0.3, 0.4) is 0 Å². The van der Waals surface area contributed by atoms with E-state index in [2.05, 4.69) is 20.1 Å². The normalized spacial score (nSPS) is 15.9. The molecule has 1 atom stereocenters. The number of aryl methyl sites for hydroxylation is 1. The lowest BCUT2D eigenvalue weighted by Gasteiger charge is -2.36. The SMILES string of the molecule is Cn1cc(-c2cc(C(=O)N3CCCCC3c3nc(N)ncc3-c3ccc(F)cc3)ccn2)cn1. The van der Waals surface area contributed by atoms with Crippen LogP contribution in [0.4, 0.5) is 10.3 Å². The van der Waals surface area contributed by atoms with Gasteiger partial charge in [-0.15, -0.1) is 0 Å². The fraction of sp³-hybridized carbons (Fsp3) is 0.240. The van der Waals surface area contributed by atoms with E-state index in [1.54, 1.807) is 47.5 Å². The summed E-state index contributed by atoms with van der Waals surface area (Å²) < 4.78 is 15.2. The van der Waals surface area contributed by atoms with Crippen LogP contribution in [0.2, 0.25) is 0 Å². The predicted molar refractivity (Wildman–Crippen MR) is 126 cm³/mol. The van der Waals surface area contributed by atoms with Gasteiger partial charge >= 0.3 is 0 Å². The summed E-state index contributed by atoms with van der Waals surface area (Å²) in [5.41, 5.74) is 10.2. The second-order valence-electron chi connectivity index (χ2n) is 8.38. The van der Waals surface area contributed by atoms with E-state index in [0.717, 1.165) is 36.0 Å². The Morgan fingerprint density at radius 2 is 1.91 bits per heavy atom. The number of nitrogens with two attached hydrogens (primary N) is 1. The zero-order valence-electron chi connectivity index (χ0n) is 18.7. The molecule has 3 aromatic heterocycles. The maximum Gasteiger partial charge on any atom is 0.254 e. The van der Waals surface area contributed by atoms with Crippen molar-refractivity contribution in [2.75, 3.05) is 12.3 Å². The number of halogens is 1. The summed E-state index contributed by atoms with van der Waals surface area (Å²) in [7, 11) is 1.84. The smallest absolute Gasteiger partial charge is 0.254 e. The lowest BCUT2D eigenvalue weighted by molar-refractivity contribution is 0.0607. The Bertz CT molecular complexity index is 1340. The van der Waals surface area contributed by atoms with Gasteiger partial charge in [0, 0.05) is 48.9 Å². The molecule has 34 heavy (non-hydrogen) atoms. The van der Waals surface area contributed by atoms with E-state index in [0.29, 0.717) is 23.5 Å². The molecule has 0 spiro atoms. The lowest BCUT2D eigenvalue weighted by Crippen LogP contribution is -2.39. The maximum atomic E-state index is 13.7. The first-order valence-electron chi connectivity index (χ1n) is 11.1. The minimum atomic E-state index is -0.321. The molecule has 1 aliphatic rings. The summed E-state index contributed by atoms with van der Waals surface area (Å²) in [5.74, 6) is -0.278. The minimum absolute atomic E-state index is 0.0977. The molecule has 1 aromatic carbocycles. The van der Waals surface area contributed by atoms with Crippen molar-refractivity contribution < 1.29 is 9.18 Å². The molecule has 1 amide bonds. The molecule has 2 N–H and O–H groups in total. The summed E-state index contributed by atoms with van der Waals surface area (Å²) in [6.07, 6.45) is 9.47. The van der Waals surface area contributed by atoms with Gasteiger partial charge in [0.1, 0.15) is 5.82 Å². The van der Waals surface area contributed by atoms with Crippen LogP contribution in [-0.4, -0.2) is 42.1 Å². The van der Waals surface area contributed by atoms with Crippen molar-refractivity contribution >= 4 is 11.9 Å². The number of anilines is 1. The lowest BCUT2D eigenvalue weighted by atomic mass is 9.93. The van der Waals surface area contributed by atoms with E-state index >= 15 is 0 Å². The highest BCUT2D eigenvalue weighted by atomic mass is 19.1. The summed E-state index contributed by atoms with van der Waals surface area (Å²) in [4.78, 5) is 28.7. The molecule has 1 aliphatic heterocycles. The van der Waals surface area contributed by atoms with Crippen molar-refractivity contribution in [2.24, 2.45) is 7.05 Å². The monoisotopic (exact) mass is 457 g/mol. The fourth-order valence-electron chi connectivity index (χ4n) is 4.41. The number of hydrogen-bond acceptors (Lipinski definition) is 6. The first-order valence-corrected chi connectivity index (χ1v) is 11.1. The predicted octanol–water partition coefficient (Wildman–Crippen LogP) is 4.03. The van der Waals surface area contributed by atoms with Gasteiger partial charge in [-0.25, -0.2) is 14.4 Å². The second-order valence-corrected chi connectivity index (χ2v) is 8.38. The maximum absolute atomic E-state index is 13.7. The molecule has 5 rings (SSSR count). The molecule has 1 unspecified atom stereocenters. The van der Waals surface area contributed by atoms with Crippen LogP contribution < -0.4 is 5.73 Å². The molecule has 8 nitrogen and oxygen atoms in total. The number of amides is 1. The van der Waals surface area contributed by atoms with Gasteiger partial charge in [0.15, 0.2) is 0 Å². The van der Waals surface area contributed by atoms with Gasteiger partial charge in [-0.2, -0.15) is 5.10 Å². The molecule has 0 bridgehead atoms. The topological polar surface area (TPSA) is 103 Å². The van der Waals surface area contributed by atoms with E-state index in [-0.39, 0.29) is 23.7 Å². The van der Waals surface area contributed by atoms with Crippen molar-refractivity contribution in [2.45, 2.75) is 25.3 Å². The Morgan fingerprint density at radius 1 is 1.09 bits per heavy atom. The number of carbonyl (C=O) groups excluding carboxylic acids is 1. The van der Waals surface area contributed by atoms with E-state index < -0.39 is 0 Å². The van der Waals surface area contributed by atoms with Gasteiger partial charge in [-0.05, 0) is 49.1 Å². The number of likely N-dealkylation sites (tertiary alicyclic amines) is 1. The summed E-state index contributed by atoms with van der Waals surface area (Å²) in [5, 5.41) is 4.19. The number of pyridine rings is 1. The average Bonchev–Trinajstić information content (AvgIpc) is 3.30. The highest BCUT2D eigenvalue weighted by Crippen LogP contribution is 2.37. The molecule has 4 aromatic rings. The van der Waals surface area contributed by atoms with Gasteiger partial charge in [0.25, 0.3) is 5.91 Å². The molecule has 0 radical (unpaired) electrons. The van der Waals surface area contributed by atoms with Gasteiger partial charge < -0.3 is 10.6 Å². The number of carbonyl (C=O) groups is 1. The number of nitrogens with zero attached hydrogens (tertiary/aromatic N) is 6. The second kappa shape index (κ2) is 9.01. The number of hydrogen-bond donors (Lipinski definition) is 1. The van der Waals surface area contributed by atoms with Crippen molar-refractivity contribution in [3.05, 3.63) is 78.3 Å². The van der Waals surface area contributed by atoms with Crippen LogP contribution >= 0.6 is 0 Å². The van der Waals surface area contributed by atoms with E-state index in [4.69, 9.17) is 5.73 Å². The van der Waals surface area contributed by atoms with Crippen molar-refractivity contribution in [1.82, 2.24) is 29.6 Å². The Balaban J connectivity index is 1.52. The van der Waals surface area contributed by atoms with Gasteiger partial charge in [-0.3, -0.25) is 14.5 Å². The molecule has 4 heterocycles. The Kier molecular flexibility index (Phi) is 5.75. The van der Waals surface area contributed by atoms with Crippen LogP contribution in [0.5, 0.6) is 0 Å². The van der Waals surface area contributed by atoms with E-state index in [9.17, 15) is 9.18 Å². The Labute approximate surface area is 196 Å². The molecule has 172 valence electrons. The minimum Gasteiger partial charge on any atom is -0.368 e. The quantitative estimate of drug-likeness (QED) is 0.496. The first kappa shape index (κ1) is 21.7. The number of nitrogen functional groups attached to an aromatic ring is 1. The number of piperidine rings is 1. The molecular formula is C25H24FN7O. The molecule has 1 fully saturated rings. The largest absolute Gasteiger partial charge is 0.368 e. The van der Waals surface area contributed by atoms with Crippen LogP contribution in [0.25, 0.3) is 22.4 Å². The fourth-order valence-corrected chi connectivity index (χ4v) is 4.41. The van der Waals surface area contributed by atoms with Gasteiger partial charge in [0.05, 0.1) is 23.6 Å². The van der Waals surface area contributed by atoms with Crippen molar-refractivity contribution in [3.8, 4) is 22.4 Å². The average molecular weight is 458 g/mol. The zero-order valence-corrected chi connectivity index (χ0v) is 18.7. The molecular weight excluding hydrogens is 433 g/mol. The number of aromatic nitrogens is 5. The summed E-state index contributed by atoms with van der Waals surface area (Å²) in [6, 6.07) is 9.41. The van der Waals surface area contributed by atoms with Crippen LogP contribution in [0.15, 0.2) is 61.2 Å². The molecule has 0 saturated carbocycles. The summed E-state index contributed by atoms with van der Waals surface area (Å²) >= 11 is 0. The van der Waals surface area contributed by atoms with E-state index in [1.807, 2.05) is 18.1 Å². The molecule has 0 aliphatic carbocycles. The standard InChI is InChI=1S/C25H24FN7O/c1-32-15-18(13-30-32)21-12-17(9-10-28-21)24(34)33-11-3-2-4-22(33)23-20(14-29-25(27)31-23)16-5-7-19(26)8-6-16/h5-10,12-15,22H,2-4,11H2,1H3,(H2,27,29,31). The molecule has 1 saturated heterocycles. The van der Waals surface area contributed by atoms with Gasteiger partial charge in [0.2, 0.25) is 5.95 Å². The highest BCUT2D eigenvalue weighted by Gasteiger charge is 2.32. The van der Waals surface area contributed by atoms with Crippen molar-refractivity contribution in [1.29, 1.82) is 0 Å². The first-order chi connectivity index (χ1) is 16.5. The van der Waals surface area contributed by atoms with Crippen LogP contribution in [-0.2, 0) is 7.05 Å². The van der Waals surface area contributed by atoms with Crippen LogP contribution in [0, 0.1) is 5.82 Å². The third-order valence-corrected chi connectivity index (χ3v) is 6.08. The molecule has 9 heteroatoms. The van der Waals surface area contributed by atoms with Crippen LogP contribution in [0.1, 0.15) is 41.4 Å². The number of rotatable bonds is 4. The van der Waals surface area contributed by atoms with E-state index in [1.165, 1.54) is 12.1 Å². The number of benzene rings is 1.